The average molecular weight is 971 g/mol. The molecule has 0 aromatic carbocycles. The molecule has 0 aliphatic rings. The second-order valence-corrected chi connectivity index (χ2v) is 21.0. The number of esters is 1. The van der Waals surface area contributed by atoms with Gasteiger partial charge in [0.2, 0.25) is 5.91 Å². The number of allylic oxidation sites excluding steroid dienone is 5. The summed E-state index contributed by atoms with van der Waals surface area (Å²) in [4.78, 5) is 24.5. The summed E-state index contributed by atoms with van der Waals surface area (Å²) >= 11 is 0. The Morgan fingerprint density at radius 3 is 1.16 bits per heavy atom. The number of unbranched alkanes of at least 4 members (excludes halogenated alkanes) is 42. The first kappa shape index (κ1) is 67.1. The molecular weight excluding hydrogens is 851 g/mol. The molecule has 0 aromatic heterocycles. The van der Waals surface area contributed by atoms with E-state index in [0.717, 1.165) is 51.4 Å². The first-order chi connectivity index (χ1) is 34.0. The van der Waals surface area contributed by atoms with Crippen LogP contribution in [0.25, 0.3) is 0 Å². The number of carbonyl (C=O) groups is 2. The molecule has 0 aromatic rings. The molecule has 406 valence electrons. The van der Waals surface area contributed by atoms with Crippen LogP contribution in [0.3, 0.4) is 0 Å². The lowest BCUT2D eigenvalue weighted by atomic mass is 10.0. The Morgan fingerprint density at radius 2 is 0.754 bits per heavy atom. The van der Waals surface area contributed by atoms with Crippen LogP contribution in [-0.4, -0.2) is 47.4 Å². The number of rotatable bonds is 57. The minimum Gasteiger partial charge on any atom is -0.466 e. The van der Waals surface area contributed by atoms with Crippen molar-refractivity contribution in [3.63, 3.8) is 0 Å². The molecule has 0 saturated heterocycles. The highest BCUT2D eigenvalue weighted by Crippen LogP contribution is 2.17. The normalized spacial score (nSPS) is 12.8. The van der Waals surface area contributed by atoms with Crippen molar-refractivity contribution in [1.82, 2.24) is 5.32 Å². The number of aliphatic hydroxyl groups is 2. The van der Waals surface area contributed by atoms with Crippen LogP contribution in [0.1, 0.15) is 328 Å². The quantitative estimate of drug-likeness (QED) is 0.0321. The minimum atomic E-state index is -0.847. The number of nitrogens with one attached hydrogen (secondary N) is 1. The highest BCUT2D eigenvalue weighted by Gasteiger charge is 2.18. The smallest absolute Gasteiger partial charge is 0.305 e. The Hall–Kier alpha value is -1.92. The van der Waals surface area contributed by atoms with Gasteiger partial charge >= 0.3 is 5.97 Å². The van der Waals surface area contributed by atoms with Crippen molar-refractivity contribution in [2.45, 2.75) is 341 Å². The van der Waals surface area contributed by atoms with Gasteiger partial charge in [-0.05, 0) is 57.8 Å². The molecule has 2 unspecified atom stereocenters. The Morgan fingerprint density at radius 1 is 0.406 bits per heavy atom. The van der Waals surface area contributed by atoms with Gasteiger partial charge in [-0.25, -0.2) is 0 Å². The van der Waals surface area contributed by atoms with E-state index in [0.29, 0.717) is 19.4 Å². The van der Waals surface area contributed by atoms with Gasteiger partial charge in [0.05, 0.1) is 25.4 Å². The molecule has 0 saturated carbocycles. The zero-order chi connectivity index (χ0) is 50.0. The SMILES string of the molecule is CCC/C=C\C/C=C\CCCCCCCC(=O)OCCCCCCCCCCCCCCCCCCCCCCC(=O)NC(CO)C(O)/C=C/CCCCCCCCCCCCCCCCCCC. The van der Waals surface area contributed by atoms with Crippen LogP contribution in [0.15, 0.2) is 36.5 Å². The number of hydrogen-bond donors (Lipinski definition) is 3. The Balaban J connectivity index is 3.43. The summed E-state index contributed by atoms with van der Waals surface area (Å²) in [5, 5.41) is 23.2. The Labute approximate surface area is 430 Å². The molecule has 0 rings (SSSR count). The van der Waals surface area contributed by atoms with Gasteiger partial charge in [-0.3, -0.25) is 9.59 Å². The van der Waals surface area contributed by atoms with Gasteiger partial charge in [0.1, 0.15) is 0 Å². The van der Waals surface area contributed by atoms with Crippen molar-refractivity contribution >= 4 is 11.9 Å². The van der Waals surface area contributed by atoms with Crippen molar-refractivity contribution in [1.29, 1.82) is 0 Å². The van der Waals surface area contributed by atoms with Gasteiger partial charge in [0.15, 0.2) is 0 Å². The van der Waals surface area contributed by atoms with E-state index in [1.165, 1.54) is 250 Å². The van der Waals surface area contributed by atoms with Crippen LogP contribution in [0.2, 0.25) is 0 Å². The van der Waals surface area contributed by atoms with Crippen molar-refractivity contribution in [3.05, 3.63) is 36.5 Å². The lowest BCUT2D eigenvalue weighted by Gasteiger charge is -2.20. The van der Waals surface area contributed by atoms with Crippen LogP contribution in [0, 0.1) is 0 Å². The summed E-state index contributed by atoms with van der Waals surface area (Å²) in [5.41, 5.74) is 0. The number of aliphatic hydroxyl groups excluding tert-OH is 2. The molecule has 6 nitrogen and oxygen atoms in total. The molecule has 0 heterocycles. The molecule has 0 fully saturated rings. The third-order valence-corrected chi connectivity index (χ3v) is 14.1. The molecule has 0 radical (unpaired) electrons. The summed E-state index contributed by atoms with van der Waals surface area (Å²) in [6, 6.07) is -0.630. The van der Waals surface area contributed by atoms with Crippen LogP contribution in [-0.2, 0) is 14.3 Å². The molecule has 0 bridgehead atoms. The van der Waals surface area contributed by atoms with E-state index in [1.807, 2.05) is 6.08 Å². The van der Waals surface area contributed by atoms with E-state index in [9.17, 15) is 19.8 Å². The first-order valence-corrected chi connectivity index (χ1v) is 30.8. The van der Waals surface area contributed by atoms with Crippen LogP contribution >= 0.6 is 0 Å². The Bertz CT molecular complexity index is 1120. The molecule has 69 heavy (non-hydrogen) atoms. The highest BCUT2D eigenvalue weighted by molar-refractivity contribution is 5.76. The van der Waals surface area contributed by atoms with Gasteiger partial charge < -0.3 is 20.3 Å². The molecule has 3 N–H and O–H groups in total. The predicted octanol–water partition coefficient (Wildman–Crippen LogP) is 19.2. The summed E-state index contributed by atoms with van der Waals surface area (Å²) in [6.07, 6.45) is 73.2. The monoisotopic (exact) mass is 970 g/mol. The maximum Gasteiger partial charge on any atom is 0.305 e. The molecule has 0 spiro atoms. The number of carbonyl (C=O) groups excluding carboxylic acids is 2. The fourth-order valence-electron chi connectivity index (χ4n) is 9.44. The third-order valence-electron chi connectivity index (χ3n) is 14.1. The van der Waals surface area contributed by atoms with E-state index in [-0.39, 0.29) is 18.5 Å². The standard InChI is InChI=1S/C63H119NO5/c1-3-5-7-9-11-13-15-17-18-19-22-25-28-32-35-39-43-47-51-55-61(66)60(59-65)64-62(67)56-52-48-44-40-36-33-29-26-23-20-21-24-27-30-34-38-42-46-50-54-58-69-63(68)57-53-49-45-41-37-31-16-14-12-10-8-6-4-2/h8,10,14,16,51,55,60-61,65-66H,3-7,9,11-13,15,17-50,52-54,56-59H2,1-2H3,(H,64,67)/b10-8-,16-14-,55-51+. The zero-order valence-corrected chi connectivity index (χ0v) is 46.3. The van der Waals surface area contributed by atoms with E-state index < -0.39 is 12.1 Å². The van der Waals surface area contributed by atoms with E-state index in [1.54, 1.807) is 6.08 Å². The van der Waals surface area contributed by atoms with Gasteiger partial charge in [-0.1, -0.05) is 294 Å². The van der Waals surface area contributed by atoms with Crippen molar-refractivity contribution in [2.24, 2.45) is 0 Å². The number of amides is 1. The molecule has 6 heteroatoms. The molecular formula is C63H119NO5. The first-order valence-electron chi connectivity index (χ1n) is 30.8. The van der Waals surface area contributed by atoms with Gasteiger partial charge in [0, 0.05) is 12.8 Å². The van der Waals surface area contributed by atoms with E-state index in [2.05, 4.69) is 43.5 Å². The highest BCUT2D eigenvalue weighted by atomic mass is 16.5. The second-order valence-electron chi connectivity index (χ2n) is 21.0. The summed E-state index contributed by atoms with van der Waals surface area (Å²) in [5.74, 6) is -0.0733. The number of ether oxygens (including phenoxy) is 1. The van der Waals surface area contributed by atoms with Crippen LogP contribution < -0.4 is 5.32 Å². The molecule has 2 atom stereocenters. The topological polar surface area (TPSA) is 95.9 Å². The minimum absolute atomic E-state index is 0.00536. The van der Waals surface area contributed by atoms with Crippen molar-refractivity contribution in [3.8, 4) is 0 Å². The maximum atomic E-state index is 12.5. The summed E-state index contributed by atoms with van der Waals surface area (Å²) in [6.45, 7) is 4.85. The molecule has 0 aliphatic carbocycles. The van der Waals surface area contributed by atoms with E-state index in [4.69, 9.17) is 4.74 Å². The fourth-order valence-corrected chi connectivity index (χ4v) is 9.44. The van der Waals surface area contributed by atoms with Crippen molar-refractivity contribution in [2.75, 3.05) is 13.2 Å². The van der Waals surface area contributed by atoms with Gasteiger partial charge in [-0.15, -0.1) is 0 Å². The third kappa shape index (κ3) is 55.2. The lowest BCUT2D eigenvalue weighted by molar-refractivity contribution is -0.143. The Kier molecular flexibility index (Phi) is 57.0. The average Bonchev–Trinajstić information content (AvgIpc) is 3.35. The van der Waals surface area contributed by atoms with Crippen molar-refractivity contribution < 1.29 is 24.5 Å². The second kappa shape index (κ2) is 58.6. The summed E-state index contributed by atoms with van der Waals surface area (Å²) < 4.78 is 5.47. The predicted molar refractivity (Wildman–Crippen MR) is 301 cm³/mol. The molecule has 0 aliphatic heterocycles. The van der Waals surface area contributed by atoms with E-state index >= 15 is 0 Å². The maximum absolute atomic E-state index is 12.5. The fraction of sp³-hybridized carbons (Fsp3) is 0.873. The van der Waals surface area contributed by atoms with Crippen LogP contribution in [0.5, 0.6) is 0 Å². The summed E-state index contributed by atoms with van der Waals surface area (Å²) in [7, 11) is 0. The largest absolute Gasteiger partial charge is 0.466 e. The zero-order valence-electron chi connectivity index (χ0n) is 46.3. The number of hydrogen-bond acceptors (Lipinski definition) is 5. The lowest BCUT2D eigenvalue weighted by Crippen LogP contribution is -2.45. The van der Waals surface area contributed by atoms with Gasteiger partial charge in [-0.2, -0.15) is 0 Å². The van der Waals surface area contributed by atoms with Gasteiger partial charge in [0.25, 0.3) is 0 Å². The van der Waals surface area contributed by atoms with Crippen LogP contribution in [0.4, 0.5) is 0 Å². The molecule has 1 amide bonds.